The van der Waals surface area contributed by atoms with Crippen molar-refractivity contribution in [2.75, 3.05) is 113 Å². The van der Waals surface area contributed by atoms with Crippen molar-refractivity contribution in [1.29, 1.82) is 0 Å². The quantitative estimate of drug-likeness (QED) is 0.0133. The summed E-state index contributed by atoms with van der Waals surface area (Å²) >= 11 is 8.44. The topological polar surface area (TPSA) is 240 Å². The second kappa shape index (κ2) is 31.5. The average molecular weight is 1410 g/mol. The predicted octanol–water partition coefficient (Wildman–Crippen LogP) is 9.84. The van der Waals surface area contributed by atoms with Crippen LogP contribution in [-0.2, 0) is 46.8 Å². The Bertz CT molecular complexity index is 3960. The number of aromatic amines is 1. The molecule has 6 aromatic rings. The van der Waals surface area contributed by atoms with Gasteiger partial charge in [0.15, 0.2) is 0 Å². The summed E-state index contributed by atoms with van der Waals surface area (Å²) in [4.78, 5) is 87.2. The van der Waals surface area contributed by atoms with E-state index >= 15 is 0 Å². The second-order valence-electron chi connectivity index (χ2n) is 25.5. The van der Waals surface area contributed by atoms with E-state index in [4.69, 9.17) is 21.1 Å². The van der Waals surface area contributed by atoms with Crippen molar-refractivity contribution < 1.29 is 59.8 Å². The fourth-order valence-electron chi connectivity index (χ4n) is 12.8. The van der Waals surface area contributed by atoms with Gasteiger partial charge in [0.25, 0.3) is 27.6 Å². The van der Waals surface area contributed by atoms with Crippen LogP contribution in [0.15, 0.2) is 142 Å². The molecule has 1 unspecified atom stereocenters. The highest BCUT2D eigenvalue weighted by atomic mass is 35.5. The van der Waals surface area contributed by atoms with Gasteiger partial charge in [0.1, 0.15) is 17.5 Å². The lowest BCUT2D eigenvalue weighted by molar-refractivity contribution is -0.136. The number of nitrogens with one attached hydrogen (secondary N) is 5. The molecular weight excluding hydrogens is 1330 g/mol. The molecule has 28 heteroatoms. The molecule has 5 N–H and O–H groups in total. The van der Waals surface area contributed by atoms with Crippen LogP contribution in [0.2, 0.25) is 5.02 Å². The van der Waals surface area contributed by atoms with Gasteiger partial charge in [-0.3, -0.25) is 63.3 Å². The Balaban J connectivity index is 0.614. The first-order valence-corrected chi connectivity index (χ1v) is 36.1. The molecule has 2 atom stereocenters. The molecule has 1 aromatic heterocycles. The van der Waals surface area contributed by atoms with Crippen LogP contribution in [0.1, 0.15) is 94.7 Å². The number of fused-ring (bicyclic) bond motifs is 1. The highest BCUT2D eigenvalue weighted by molar-refractivity contribution is 7.99. The number of nitrogens with zero attached hydrogens (tertiary/aromatic N) is 6. The lowest BCUT2D eigenvalue weighted by Crippen LogP contribution is -2.54. The maximum absolute atomic E-state index is 14.5. The van der Waals surface area contributed by atoms with Crippen LogP contribution >= 0.6 is 35.3 Å². The molecule has 0 spiro atoms. The minimum absolute atomic E-state index is 0.0266. The van der Waals surface area contributed by atoms with E-state index < -0.39 is 61.9 Å². The van der Waals surface area contributed by atoms with Gasteiger partial charge in [-0.05, 0) is 139 Å². The number of allylic oxidation sites excluding steroid dienone is 1. The summed E-state index contributed by atoms with van der Waals surface area (Å²) in [6.07, 6.45) is 5.51. The second-order valence-corrected chi connectivity index (χ2v) is 29.8. The van der Waals surface area contributed by atoms with E-state index in [1.165, 1.54) is 46.7 Å². The third-order valence-corrected chi connectivity index (χ3v) is 21.8. The number of hydrogen-bond acceptors (Lipinski definition) is 17. The number of aromatic nitrogens is 2. The lowest BCUT2D eigenvalue weighted by Gasteiger charge is -2.39. The number of benzene rings is 5. The molecule has 5 heterocycles. The predicted molar refractivity (Wildman–Crippen MR) is 367 cm³/mol. The van der Waals surface area contributed by atoms with E-state index in [2.05, 4.69) is 66.5 Å². The van der Waals surface area contributed by atoms with Gasteiger partial charge in [0.05, 0.1) is 48.9 Å². The Kier molecular flexibility index (Phi) is 22.9. The summed E-state index contributed by atoms with van der Waals surface area (Å²) < 4.78 is 86.0. The number of carbonyl (C=O) groups excluding carboxylic acids is 6. The molecule has 97 heavy (non-hydrogen) atoms. The summed E-state index contributed by atoms with van der Waals surface area (Å²) in [6, 6.07) is 31.8. The number of ether oxygens (including phenoxy) is 2. The van der Waals surface area contributed by atoms with E-state index in [0.717, 1.165) is 96.2 Å². The smallest absolute Gasteiger partial charge is 0.382 e. The first kappa shape index (κ1) is 70.7. The van der Waals surface area contributed by atoms with Gasteiger partial charge in [0, 0.05) is 128 Å². The highest BCUT2D eigenvalue weighted by Gasteiger charge is 2.49. The summed E-state index contributed by atoms with van der Waals surface area (Å²) in [5, 5.41) is 12.3. The monoisotopic (exact) mass is 1410 g/mol. The van der Waals surface area contributed by atoms with Gasteiger partial charge in [-0.1, -0.05) is 67.4 Å². The van der Waals surface area contributed by atoms with Crippen LogP contribution in [0, 0.1) is 5.41 Å². The van der Waals surface area contributed by atoms with Gasteiger partial charge in [-0.15, -0.1) is 11.8 Å². The van der Waals surface area contributed by atoms with Crippen LogP contribution in [0.4, 0.5) is 30.2 Å². The summed E-state index contributed by atoms with van der Waals surface area (Å²) in [7, 11) is -5.87. The Labute approximate surface area is 575 Å². The molecule has 3 fully saturated rings. The minimum Gasteiger partial charge on any atom is -0.382 e. The third kappa shape index (κ3) is 17.8. The first-order chi connectivity index (χ1) is 46.5. The zero-order valence-corrected chi connectivity index (χ0v) is 57.2. The molecule has 5 aliphatic rings. The number of amides is 6. The normalized spacial score (nSPS) is 18.3. The number of sulfone groups is 1. The van der Waals surface area contributed by atoms with E-state index in [1.807, 2.05) is 54.6 Å². The van der Waals surface area contributed by atoms with Gasteiger partial charge in [-0.2, -0.15) is 13.2 Å². The Morgan fingerprint density at radius 3 is 2.24 bits per heavy atom. The van der Waals surface area contributed by atoms with E-state index in [9.17, 15) is 50.4 Å². The van der Waals surface area contributed by atoms with Crippen LogP contribution in [0.5, 0.6) is 0 Å². The zero-order chi connectivity index (χ0) is 68.4. The number of halogens is 4. The Hall–Kier alpha value is -7.63. The number of rotatable bonds is 28. The largest absolute Gasteiger partial charge is 0.501 e. The van der Waals surface area contributed by atoms with Crippen molar-refractivity contribution in [2.24, 2.45) is 5.41 Å². The van der Waals surface area contributed by atoms with Crippen LogP contribution in [0.3, 0.4) is 0 Å². The lowest BCUT2D eigenvalue weighted by atomic mass is 9.73. The molecule has 4 aliphatic heterocycles. The van der Waals surface area contributed by atoms with E-state index in [1.54, 1.807) is 40.0 Å². The fraction of sp³-hybridized carbons (Fsp3) is 0.420. The molecule has 0 radical (unpaired) electrons. The third-order valence-electron chi connectivity index (χ3n) is 18.1. The number of H-pyrrole nitrogens is 1. The Morgan fingerprint density at radius 2 is 1.52 bits per heavy atom. The number of imide groups is 2. The van der Waals surface area contributed by atoms with Crippen LogP contribution in [0.25, 0.3) is 5.57 Å². The number of carbonyl (C=O) groups is 6. The summed E-state index contributed by atoms with van der Waals surface area (Å²) in [5.74, 6) is -2.51. The molecule has 3 saturated heterocycles. The molecular formula is C69H79ClF3N11O10S3. The van der Waals surface area contributed by atoms with E-state index in [0.29, 0.717) is 62.7 Å². The molecule has 11 rings (SSSR count). The number of thioether (sulfide) groups is 1. The van der Waals surface area contributed by atoms with Crippen molar-refractivity contribution >= 4 is 103 Å². The van der Waals surface area contributed by atoms with Crippen molar-refractivity contribution in [3.8, 4) is 0 Å². The molecule has 6 amide bonds. The van der Waals surface area contributed by atoms with Crippen molar-refractivity contribution in [3.63, 3.8) is 0 Å². The van der Waals surface area contributed by atoms with Gasteiger partial charge < -0.3 is 29.9 Å². The maximum Gasteiger partial charge on any atom is 0.501 e. The molecule has 21 nitrogen and oxygen atoms in total. The van der Waals surface area contributed by atoms with Gasteiger partial charge in [0.2, 0.25) is 17.7 Å². The van der Waals surface area contributed by atoms with Crippen molar-refractivity contribution in [2.45, 2.75) is 97.8 Å². The van der Waals surface area contributed by atoms with Crippen molar-refractivity contribution in [3.05, 3.63) is 160 Å². The standard InChI is InChI=1S/C69H79ClF3N11O10S3/c1-68(2)25-23-55(46-11-15-49(70)16-12-46)48(40-68)41-80-30-32-81(33-31-80)52-17-13-47(14-18-52)64(87)78-96-54-19-20-57(60(39-54)97(91,92)69(71,72)73)75-50(45-95-53-7-4-3-5-8-53)24-27-79-28-34-82(35-29-79)62(86)43-83-42-51(77-83)44-94-38-37-93-36-26-74-58-10-6-9-56-63(58)67(90)84(66(56)89)59-21-22-61(85)76-65(59)88/h3-20,39,42,50,59,74-75,77H,21-38,40-41,43-45H2,1-2H3,(H,78,87)(H,76,85,88)/t50-,59?/m1/s1. The SMILES string of the molecule is CC1(C)CCC(c2ccc(Cl)cc2)=C(CN2CCN(c3ccc(C(=O)NSc4ccc(N[C@H](CCN5CCN(C(=O)Cn6cc(COCCOCCNc7cccc8c7C(=O)N(C7CCC(=O)NC7=O)C8=O)[nH]6)CC5)CSc5ccccc5)c(S(=O)(=O)C(F)(F)F)c4)cc3)CC2)C1. The van der Waals surface area contributed by atoms with Gasteiger partial charge in [-0.25, -0.2) is 8.42 Å². The van der Waals surface area contributed by atoms with Crippen LogP contribution in [-0.4, -0.2) is 188 Å². The van der Waals surface area contributed by atoms with Gasteiger partial charge >= 0.3 is 5.51 Å². The Morgan fingerprint density at radius 1 is 0.794 bits per heavy atom. The first-order valence-electron chi connectivity index (χ1n) is 32.4. The van der Waals surface area contributed by atoms with Crippen molar-refractivity contribution in [1.82, 2.24) is 39.4 Å². The molecule has 0 bridgehead atoms. The number of alkyl halides is 3. The number of anilines is 3. The molecule has 516 valence electrons. The van der Waals surface area contributed by atoms with Crippen LogP contribution < -0.4 is 25.6 Å². The maximum atomic E-state index is 14.5. The zero-order valence-electron chi connectivity index (χ0n) is 54.0. The number of piperidine rings is 1. The van der Waals surface area contributed by atoms with E-state index in [-0.39, 0.29) is 78.8 Å². The average Bonchev–Trinajstić information content (AvgIpc) is 1.66. The molecule has 1 aliphatic carbocycles. The number of piperazine rings is 2. The minimum atomic E-state index is -5.87. The summed E-state index contributed by atoms with van der Waals surface area (Å²) in [6.45, 7) is 12.9. The fourth-order valence-corrected chi connectivity index (χ4v) is 15.6. The molecule has 5 aromatic carbocycles. The summed E-state index contributed by atoms with van der Waals surface area (Å²) in [5.41, 5.74) is 1.36. The number of hydrogen-bond donors (Lipinski definition) is 5. The molecule has 0 saturated carbocycles. The highest BCUT2D eigenvalue weighted by Crippen LogP contribution is 2.44.